The fourth-order valence-electron chi connectivity index (χ4n) is 2.35. The number of pyridine rings is 1. The van der Waals surface area contributed by atoms with Crippen molar-refractivity contribution in [1.82, 2.24) is 4.98 Å². The van der Waals surface area contributed by atoms with Gasteiger partial charge in [0.2, 0.25) is 0 Å². The summed E-state index contributed by atoms with van der Waals surface area (Å²) in [7, 11) is 0. The van der Waals surface area contributed by atoms with E-state index >= 15 is 0 Å². The summed E-state index contributed by atoms with van der Waals surface area (Å²) in [6, 6.07) is 7.92. The number of halogens is 1. The number of rotatable bonds is 6. The molecule has 1 unspecified atom stereocenters. The van der Waals surface area contributed by atoms with E-state index in [4.69, 9.17) is 0 Å². The smallest absolute Gasteiger partial charge is 0.0811 e. The van der Waals surface area contributed by atoms with Gasteiger partial charge in [0.05, 0.1) is 11.6 Å². The molecule has 0 saturated carbocycles. The Morgan fingerprint density at radius 2 is 2.05 bits per heavy atom. The summed E-state index contributed by atoms with van der Waals surface area (Å²) in [5.74, 6) is 0. The molecular weight excluding hydrogens is 302 g/mol. The third-order valence-electron chi connectivity index (χ3n) is 3.44. The fourth-order valence-corrected chi connectivity index (χ4v) is 2.80. The predicted molar refractivity (Wildman–Crippen MR) is 83.2 cm³/mol. The van der Waals surface area contributed by atoms with Gasteiger partial charge in [-0.25, -0.2) is 0 Å². The molecule has 0 bridgehead atoms. The second-order valence-corrected chi connectivity index (χ2v) is 5.76. The molecule has 0 spiro atoms. The van der Waals surface area contributed by atoms with Crippen molar-refractivity contribution >= 4 is 26.8 Å². The highest BCUT2D eigenvalue weighted by atomic mass is 79.9. The maximum atomic E-state index is 10.4. The molecule has 0 saturated heterocycles. The molecule has 2 nitrogen and oxygen atoms in total. The third kappa shape index (κ3) is 3.54. The number of hydrogen-bond acceptors (Lipinski definition) is 2. The number of aliphatic hydroxyl groups is 1. The van der Waals surface area contributed by atoms with Crippen LogP contribution in [0.25, 0.3) is 10.9 Å². The fraction of sp³-hybridized carbons (Fsp3) is 0.438. The number of fused-ring (bicyclic) bond motifs is 1. The topological polar surface area (TPSA) is 33.1 Å². The molecule has 0 aliphatic heterocycles. The molecule has 0 aliphatic rings. The van der Waals surface area contributed by atoms with Crippen molar-refractivity contribution in [3.63, 3.8) is 0 Å². The largest absolute Gasteiger partial charge is 0.388 e. The van der Waals surface area contributed by atoms with Crippen LogP contribution in [0.5, 0.6) is 0 Å². The first-order chi connectivity index (χ1) is 9.24. The average Bonchev–Trinajstić information content (AvgIpc) is 2.44. The molecule has 3 heteroatoms. The monoisotopic (exact) mass is 321 g/mol. The molecule has 0 amide bonds. The van der Waals surface area contributed by atoms with E-state index in [1.807, 2.05) is 24.3 Å². The van der Waals surface area contributed by atoms with E-state index < -0.39 is 6.10 Å². The number of aliphatic hydroxyl groups excluding tert-OH is 1. The summed E-state index contributed by atoms with van der Waals surface area (Å²) < 4.78 is 1.03. The molecule has 0 radical (unpaired) electrons. The van der Waals surface area contributed by atoms with Gasteiger partial charge in [-0.05, 0) is 18.6 Å². The minimum Gasteiger partial charge on any atom is -0.388 e. The minimum atomic E-state index is -0.414. The van der Waals surface area contributed by atoms with Crippen molar-refractivity contribution in [2.24, 2.45) is 0 Å². The van der Waals surface area contributed by atoms with E-state index in [2.05, 4.69) is 27.8 Å². The number of aromatic nitrogens is 1. The van der Waals surface area contributed by atoms with Crippen molar-refractivity contribution in [2.45, 2.75) is 45.1 Å². The van der Waals surface area contributed by atoms with Gasteiger partial charge in [0, 0.05) is 21.6 Å². The molecule has 1 aromatic carbocycles. The predicted octanol–water partition coefficient (Wildman–Crippen LogP) is 5.00. The summed E-state index contributed by atoms with van der Waals surface area (Å²) in [5, 5.41) is 11.4. The van der Waals surface area contributed by atoms with Crippen LogP contribution in [-0.2, 0) is 0 Å². The van der Waals surface area contributed by atoms with E-state index in [0.29, 0.717) is 0 Å². The van der Waals surface area contributed by atoms with Gasteiger partial charge in [-0.3, -0.25) is 4.98 Å². The highest BCUT2D eigenvalue weighted by molar-refractivity contribution is 9.10. The maximum Gasteiger partial charge on any atom is 0.0811 e. The second kappa shape index (κ2) is 7.01. The molecule has 1 N–H and O–H groups in total. The molecule has 1 aromatic heterocycles. The molecule has 1 heterocycles. The molecular formula is C16H20BrNO. The lowest BCUT2D eigenvalue weighted by atomic mass is 10.00. The quantitative estimate of drug-likeness (QED) is 0.759. The first kappa shape index (κ1) is 14.5. The summed E-state index contributed by atoms with van der Waals surface area (Å²) in [4.78, 5) is 4.42. The average molecular weight is 322 g/mol. The second-order valence-electron chi connectivity index (χ2n) is 4.90. The molecule has 0 aliphatic carbocycles. The Morgan fingerprint density at radius 1 is 1.21 bits per heavy atom. The lowest BCUT2D eigenvalue weighted by Crippen LogP contribution is -2.00. The number of benzene rings is 1. The first-order valence-corrected chi connectivity index (χ1v) is 7.74. The van der Waals surface area contributed by atoms with Gasteiger partial charge in [0.15, 0.2) is 0 Å². The van der Waals surface area contributed by atoms with Crippen LogP contribution >= 0.6 is 15.9 Å². The number of hydrogen-bond donors (Lipinski definition) is 1. The lowest BCUT2D eigenvalue weighted by molar-refractivity contribution is 0.164. The van der Waals surface area contributed by atoms with Crippen LogP contribution in [0.3, 0.4) is 0 Å². The summed E-state index contributed by atoms with van der Waals surface area (Å²) >= 11 is 3.53. The van der Waals surface area contributed by atoms with Gasteiger partial charge in [-0.1, -0.05) is 60.7 Å². The summed E-state index contributed by atoms with van der Waals surface area (Å²) in [6.45, 7) is 2.20. The van der Waals surface area contributed by atoms with E-state index in [9.17, 15) is 5.11 Å². The van der Waals surface area contributed by atoms with Crippen LogP contribution in [0.2, 0.25) is 0 Å². The Morgan fingerprint density at radius 3 is 2.84 bits per heavy atom. The normalized spacial score (nSPS) is 12.8. The van der Waals surface area contributed by atoms with Crippen molar-refractivity contribution in [3.8, 4) is 0 Å². The Kier molecular flexibility index (Phi) is 5.34. The van der Waals surface area contributed by atoms with E-state index in [0.717, 1.165) is 33.8 Å². The van der Waals surface area contributed by atoms with Gasteiger partial charge in [0.1, 0.15) is 0 Å². The zero-order valence-corrected chi connectivity index (χ0v) is 12.9. The van der Waals surface area contributed by atoms with Gasteiger partial charge in [0.25, 0.3) is 0 Å². The standard InChI is InChI=1S/C16H20BrNO/c1-2-3-4-5-8-15(19)13-9-10-14(17)12-7-6-11-18-16(12)13/h6-7,9-11,15,19H,2-5,8H2,1H3. The van der Waals surface area contributed by atoms with Gasteiger partial charge in [-0.2, -0.15) is 0 Å². The molecule has 102 valence electrons. The molecule has 1 atom stereocenters. The van der Waals surface area contributed by atoms with E-state index in [-0.39, 0.29) is 0 Å². The van der Waals surface area contributed by atoms with Crippen LogP contribution in [0, 0.1) is 0 Å². The lowest BCUT2D eigenvalue weighted by Gasteiger charge is -2.13. The highest BCUT2D eigenvalue weighted by Gasteiger charge is 2.13. The Labute approximate surface area is 123 Å². The first-order valence-electron chi connectivity index (χ1n) is 6.95. The van der Waals surface area contributed by atoms with Crippen LogP contribution in [-0.4, -0.2) is 10.1 Å². The molecule has 0 fully saturated rings. The number of nitrogens with zero attached hydrogens (tertiary/aromatic N) is 1. The molecule has 19 heavy (non-hydrogen) atoms. The van der Waals surface area contributed by atoms with Gasteiger partial charge in [-0.15, -0.1) is 0 Å². The zero-order chi connectivity index (χ0) is 13.7. The molecule has 2 rings (SSSR count). The van der Waals surface area contributed by atoms with Crippen LogP contribution in [0.1, 0.15) is 50.7 Å². The molecule has 2 aromatic rings. The zero-order valence-electron chi connectivity index (χ0n) is 11.3. The van der Waals surface area contributed by atoms with Crippen molar-refractivity contribution in [2.75, 3.05) is 0 Å². The van der Waals surface area contributed by atoms with Crippen molar-refractivity contribution in [1.29, 1.82) is 0 Å². The van der Waals surface area contributed by atoms with E-state index in [1.54, 1.807) is 6.20 Å². The van der Waals surface area contributed by atoms with E-state index in [1.165, 1.54) is 19.3 Å². The Bertz CT molecular complexity index is 541. The van der Waals surface area contributed by atoms with Crippen LogP contribution in [0.4, 0.5) is 0 Å². The van der Waals surface area contributed by atoms with Crippen LogP contribution in [0.15, 0.2) is 34.9 Å². The van der Waals surface area contributed by atoms with Gasteiger partial charge >= 0.3 is 0 Å². The SMILES string of the molecule is CCCCCCC(O)c1ccc(Br)c2cccnc12. The number of unbranched alkanes of at least 4 members (excludes halogenated alkanes) is 3. The van der Waals surface area contributed by atoms with Crippen LogP contribution < -0.4 is 0 Å². The third-order valence-corrected chi connectivity index (χ3v) is 4.13. The summed E-state index contributed by atoms with van der Waals surface area (Å²) in [6.07, 6.45) is 6.90. The van der Waals surface area contributed by atoms with Crippen molar-refractivity contribution in [3.05, 3.63) is 40.5 Å². The van der Waals surface area contributed by atoms with Crippen molar-refractivity contribution < 1.29 is 5.11 Å². The minimum absolute atomic E-state index is 0.414. The summed E-state index contributed by atoms with van der Waals surface area (Å²) in [5.41, 5.74) is 1.84. The Balaban J connectivity index is 2.18. The highest BCUT2D eigenvalue weighted by Crippen LogP contribution is 2.30. The maximum absolute atomic E-state index is 10.4. The van der Waals surface area contributed by atoms with Gasteiger partial charge < -0.3 is 5.11 Å². The Hall–Kier alpha value is -0.930.